The summed E-state index contributed by atoms with van der Waals surface area (Å²) in [5.41, 5.74) is 4.06. The van der Waals surface area contributed by atoms with Gasteiger partial charge in [-0.05, 0) is 70.1 Å². The number of pyridine rings is 1. The van der Waals surface area contributed by atoms with Crippen molar-refractivity contribution in [3.05, 3.63) is 41.6 Å². The Morgan fingerprint density at radius 3 is 2.78 bits per heavy atom. The molecule has 1 aliphatic rings. The van der Waals surface area contributed by atoms with Crippen molar-refractivity contribution < 1.29 is 5.11 Å². The first-order chi connectivity index (χ1) is 13.0. The molecule has 0 saturated carbocycles. The zero-order valence-corrected chi connectivity index (χ0v) is 16.0. The van der Waals surface area contributed by atoms with Gasteiger partial charge in [0, 0.05) is 29.2 Å². The van der Waals surface area contributed by atoms with Gasteiger partial charge in [-0.15, -0.1) is 10.2 Å². The molecule has 3 heterocycles. The molecular weight excluding hydrogens is 338 g/mol. The Morgan fingerprint density at radius 2 is 2.00 bits per heavy atom. The van der Waals surface area contributed by atoms with Crippen molar-refractivity contribution >= 4 is 16.7 Å². The number of likely N-dealkylation sites (N-methyl/N-ethyl adjacent to an activating group) is 1. The van der Waals surface area contributed by atoms with Crippen LogP contribution in [0, 0.1) is 13.8 Å². The largest absolute Gasteiger partial charge is 0.507 e. The monoisotopic (exact) mass is 363 g/mol. The topological polar surface area (TPSA) is 74.2 Å². The predicted molar refractivity (Wildman–Crippen MR) is 108 cm³/mol. The zero-order valence-electron chi connectivity index (χ0n) is 16.0. The molecule has 6 heteroatoms. The number of anilines is 1. The summed E-state index contributed by atoms with van der Waals surface area (Å²) in [6, 6.07) is 9.91. The first kappa shape index (κ1) is 17.7. The number of nitrogens with one attached hydrogen (secondary N) is 1. The smallest absolute Gasteiger partial charge is 0.175 e. The standard InChI is InChI=1S/C21H25N5O/c1-13-6-8-16(18(27)11-13)19-17-9-7-14(2)22-20(17)21(25-24-19)23-15-5-4-10-26(3)12-15/h6-9,11,15,27H,4-5,10,12H2,1-3H3,(H,23,25)/t15-/m1/s1. The quantitative estimate of drug-likeness (QED) is 0.742. The molecule has 1 atom stereocenters. The van der Waals surface area contributed by atoms with Gasteiger partial charge >= 0.3 is 0 Å². The molecule has 0 bridgehead atoms. The summed E-state index contributed by atoms with van der Waals surface area (Å²) in [5, 5.41) is 23.8. The van der Waals surface area contributed by atoms with Gasteiger partial charge < -0.3 is 15.3 Å². The number of likely N-dealkylation sites (tertiary alicyclic amines) is 1. The van der Waals surface area contributed by atoms with E-state index in [1.165, 1.54) is 6.42 Å². The number of fused-ring (bicyclic) bond motifs is 1. The molecule has 4 rings (SSSR count). The summed E-state index contributed by atoms with van der Waals surface area (Å²) < 4.78 is 0. The van der Waals surface area contributed by atoms with E-state index >= 15 is 0 Å². The molecule has 27 heavy (non-hydrogen) atoms. The molecule has 1 aromatic carbocycles. The maximum absolute atomic E-state index is 10.4. The van der Waals surface area contributed by atoms with Gasteiger partial charge in [-0.1, -0.05) is 6.07 Å². The van der Waals surface area contributed by atoms with Crippen molar-refractivity contribution in [2.45, 2.75) is 32.7 Å². The van der Waals surface area contributed by atoms with E-state index < -0.39 is 0 Å². The predicted octanol–water partition coefficient (Wildman–Crippen LogP) is 3.52. The van der Waals surface area contributed by atoms with Crippen molar-refractivity contribution in [2.24, 2.45) is 0 Å². The summed E-state index contributed by atoms with van der Waals surface area (Å²) in [4.78, 5) is 7.06. The molecule has 1 aliphatic heterocycles. The molecular formula is C21H25N5O. The molecule has 6 nitrogen and oxygen atoms in total. The SMILES string of the molecule is Cc1ccc(-c2nnc(N[C@@H]3CCCN(C)C3)c3nc(C)ccc23)c(O)c1. The second kappa shape index (κ2) is 7.12. The van der Waals surface area contributed by atoms with E-state index in [1.54, 1.807) is 6.07 Å². The van der Waals surface area contributed by atoms with E-state index in [-0.39, 0.29) is 5.75 Å². The summed E-state index contributed by atoms with van der Waals surface area (Å²) in [6.07, 6.45) is 2.28. The minimum atomic E-state index is 0.209. The summed E-state index contributed by atoms with van der Waals surface area (Å²) in [6.45, 7) is 6.04. The number of phenols is 1. The van der Waals surface area contributed by atoms with Gasteiger partial charge in [0.05, 0.1) is 0 Å². The third-order valence-electron chi connectivity index (χ3n) is 5.14. The summed E-state index contributed by atoms with van der Waals surface area (Å²) in [5.74, 6) is 0.921. The lowest BCUT2D eigenvalue weighted by molar-refractivity contribution is 0.261. The number of hydrogen-bond donors (Lipinski definition) is 2. The molecule has 0 radical (unpaired) electrons. The van der Waals surface area contributed by atoms with Crippen molar-refractivity contribution in [1.29, 1.82) is 0 Å². The molecule has 0 amide bonds. The maximum Gasteiger partial charge on any atom is 0.175 e. The Kier molecular flexibility index (Phi) is 4.66. The van der Waals surface area contributed by atoms with Crippen LogP contribution in [-0.4, -0.2) is 51.4 Å². The minimum Gasteiger partial charge on any atom is -0.507 e. The fourth-order valence-electron chi connectivity index (χ4n) is 3.75. The molecule has 1 fully saturated rings. The van der Waals surface area contributed by atoms with Crippen LogP contribution in [0.3, 0.4) is 0 Å². The lowest BCUT2D eigenvalue weighted by Gasteiger charge is -2.30. The van der Waals surface area contributed by atoms with Gasteiger partial charge in [0.15, 0.2) is 5.82 Å². The second-order valence-electron chi connectivity index (χ2n) is 7.51. The van der Waals surface area contributed by atoms with Crippen LogP contribution in [0.5, 0.6) is 5.75 Å². The summed E-state index contributed by atoms with van der Waals surface area (Å²) >= 11 is 0. The fourth-order valence-corrected chi connectivity index (χ4v) is 3.75. The van der Waals surface area contributed by atoms with Gasteiger partial charge in [0.1, 0.15) is 17.0 Å². The van der Waals surface area contributed by atoms with Crippen LogP contribution in [0.25, 0.3) is 22.2 Å². The molecule has 140 valence electrons. The van der Waals surface area contributed by atoms with E-state index in [0.29, 0.717) is 23.1 Å². The average molecular weight is 363 g/mol. The molecule has 0 unspecified atom stereocenters. The number of aryl methyl sites for hydroxylation is 2. The highest BCUT2D eigenvalue weighted by Crippen LogP contribution is 2.34. The van der Waals surface area contributed by atoms with Crippen LogP contribution in [0.2, 0.25) is 0 Å². The molecule has 0 aliphatic carbocycles. The number of phenolic OH excluding ortho intramolecular Hbond substituents is 1. The molecule has 2 aromatic heterocycles. The van der Waals surface area contributed by atoms with Gasteiger partial charge in [-0.3, -0.25) is 0 Å². The Bertz CT molecular complexity index is 988. The van der Waals surface area contributed by atoms with Crippen LogP contribution in [0.15, 0.2) is 30.3 Å². The Hall–Kier alpha value is -2.73. The Balaban J connectivity index is 1.79. The summed E-state index contributed by atoms with van der Waals surface area (Å²) in [7, 11) is 2.14. The van der Waals surface area contributed by atoms with Gasteiger partial charge in [0.2, 0.25) is 0 Å². The number of aromatic hydroxyl groups is 1. The van der Waals surface area contributed by atoms with E-state index in [0.717, 1.165) is 41.7 Å². The number of rotatable bonds is 3. The number of piperidine rings is 1. The number of hydrogen-bond acceptors (Lipinski definition) is 6. The van der Waals surface area contributed by atoms with Crippen molar-refractivity contribution in [3.8, 4) is 17.0 Å². The second-order valence-corrected chi connectivity index (χ2v) is 7.51. The van der Waals surface area contributed by atoms with Crippen molar-refractivity contribution in [3.63, 3.8) is 0 Å². The van der Waals surface area contributed by atoms with Crippen LogP contribution >= 0.6 is 0 Å². The van der Waals surface area contributed by atoms with E-state index in [4.69, 9.17) is 4.98 Å². The van der Waals surface area contributed by atoms with E-state index in [9.17, 15) is 5.11 Å². The van der Waals surface area contributed by atoms with Crippen LogP contribution in [0.1, 0.15) is 24.1 Å². The van der Waals surface area contributed by atoms with Crippen LogP contribution in [-0.2, 0) is 0 Å². The van der Waals surface area contributed by atoms with Crippen LogP contribution < -0.4 is 5.32 Å². The Morgan fingerprint density at radius 1 is 1.15 bits per heavy atom. The van der Waals surface area contributed by atoms with Gasteiger partial charge in [-0.25, -0.2) is 4.98 Å². The lowest BCUT2D eigenvalue weighted by atomic mass is 10.0. The first-order valence-electron chi connectivity index (χ1n) is 9.40. The first-order valence-corrected chi connectivity index (χ1v) is 9.40. The highest BCUT2D eigenvalue weighted by molar-refractivity contribution is 5.98. The van der Waals surface area contributed by atoms with Crippen molar-refractivity contribution in [2.75, 3.05) is 25.5 Å². The molecule has 1 saturated heterocycles. The fraction of sp³-hybridized carbons (Fsp3) is 0.381. The van der Waals surface area contributed by atoms with E-state index in [2.05, 4.69) is 27.5 Å². The zero-order chi connectivity index (χ0) is 19.0. The normalized spacial score (nSPS) is 18.0. The number of benzene rings is 1. The molecule has 3 aromatic rings. The molecule has 0 spiro atoms. The Labute approximate surface area is 159 Å². The lowest BCUT2D eigenvalue weighted by Crippen LogP contribution is -2.40. The average Bonchev–Trinajstić information content (AvgIpc) is 2.63. The highest BCUT2D eigenvalue weighted by Gasteiger charge is 2.20. The van der Waals surface area contributed by atoms with Crippen molar-refractivity contribution in [1.82, 2.24) is 20.1 Å². The van der Waals surface area contributed by atoms with E-state index in [1.807, 2.05) is 38.1 Å². The third kappa shape index (κ3) is 3.57. The molecule has 2 N–H and O–H groups in total. The number of aromatic nitrogens is 3. The number of nitrogens with zero attached hydrogens (tertiary/aromatic N) is 4. The van der Waals surface area contributed by atoms with Gasteiger partial charge in [-0.2, -0.15) is 0 Å². The maximum atomic E-state index is 10.4. The van der Waals surface area contributed by atoms with Crippen LogP contribution in [0.4, 0.5) is 5.82 Å². The highest BCUT2D eigenvalue weighted by atomic mass is 16.3. The van der Waals surface area contributed by atoms with Gasteiger partial charge in [0.25, 0.3) is 0 Å². The third-order valence-corrected chi connectivity index (χ3v) is 5.14. The minimum absolute atomic E-state index is 0.209.